The van der Waals surface area contributed by atoms with Gasteiger partial charge in [-0.05, 0) is 12.1 Å². The maximum Gasteiger partial charge on any atom is 0.190 e. The lowest BCUT2D eigenvalue weighted by Gasteiger charge is -2.06. The monoisotopic (exact) mass is 202 g/mol. The van der Waals surface area contributed by atoms with Gasteiger partial charge in [0.1, 0.15) is 16.4 Å². The first-order valence-electron chi connectivity index (χ1n) is 3.52. The molecule has 72 valence electrons. The molecule has 0 radical (unpaired) electrons. The Hall–Kier alpha value is -1.07. The molecule has 1 unspecified atom stereocenters. The van der Waals surface area contributed by atoms with E-state index >= 15 is 0 Å². The van der Waals surface area contributed by atoms with Crippen molar-refractivity contribution in [3.8, 4) is 11.5 Å². The summed E-state index contributed by atoms with van der Waals surface area (Å²) in [6.45, 7) is 0. The van der Waals surface area contributed by atoms with Crippen LogP contribution in [0, 0.1) is 0 Å². The molecule has 0 amide bonds. The van der Waals surface area contributed by atoms with E-state index in [2.05, 4.69) is 0 Å². The van der Waals surface area contributed by atoms with Crippen LogP contribution in [-0.2, 0) is 11.1 Å². The van der Waals surface area contributed by atoms with Gasteiger partial charge in [0.2, 0.25) is 0 Å². The second-order valence-electron chi connectivity index (χ2n) is 2.27. The van der Waals surface area contributed by atoms with E-state index in [-0.39, 0.29) is 4.90 Å². The quantitative estimate of drug-likeness (QED) is 0.750. The van der Waals surface area contributed by atoms with Gasteiger partial charge in [-0.3, -0.25) is 0 Å². The van der Waals surface area contributed by atoms with Gasteiger partial charge in [0.05, 0.1) is 14.2 Å². The molecule has 1 aromatic carbocycles. The predicted molar refractivity (Wildman–Crippen MR) is 48.6 cm³/mol. The van der Waals surface area contributed by atoms with Crippen LogP contribution in [0.3, 0.4) is 0 Å². The van der Waals surface area contributed by atoms with Crippen molar-refractivity contribution in [2.75, 3.05) is 14.2 Å². The minimum Gasteiger partial charge on any atom is -0.497 e. The van der Waals surface area contributed by atoms with Gasteiger partial charge in [0.25, 0.3) is 0 Å². The number of rotatable bonds is 3. The maximum atomic E-state index is 10.8. The van der Waals surface area contributed by atoms with Gasteiger partial charge in [-0.15, -0.1) is 0 Å². The first-order valence-corrected chi connectivity index (χ1v) is 4.62. The highest BCUT2D eigenvalue weighted by molar-refractivity contribution is 7.79. The van der Waals surface area contributed by atoms with Gasteiger partial charge in [-0.2, -0.15) is 0 Å². The Morgan fingerprint density at radius 1 is 1.31 bits per heavy atom. The molecule has 1 aromatic rings. The molecule has 1 N–H and O–H groups in total. The summed E-state index contributed by atoms with van der Waals surface area (Å²) < 4.78 is 29.5. The highest BCUT2D eigenvalue weighted by Crippen LogP contribution is 2.25. The molecule has 0 aliphatic rings. The van der Waals surface area contributed by atoms with Gasteiger partial charge < -0.3 is 14.0 Å². The Kier molecular flexibility index (Phi) is 3.27. The molecule has 0 saturated heterocycles. The maximum absolute atomic E-state index is 10.8. The van der Waals surface area contributed by atoms with Gasteiger partial charge in [0.15, 0.2) is 11.1 Å². The summed E-state index contributed by atoms with van der Waals surface area (Å²) in [6.07, 6.45) is 0. The summed E-state index contributed by atoms with van der Waals surface area (Å²) in [5, 5.41) is 0. The lowest BCUT2D eigenvalue weighted by atomic mass is 10.3. The van der Waals surface area contributed by atoms with Gasteiger partial charge >= 0.3 is 0 Å². The Morgan fingerprint density at radius 3 is 2.46 bits per heavy atom. The molecule has 0 spiro atoms. The standard InChI is InChI=1S/C8H10O4S/c1-11-6-3-4-7(12-2)8(5-6)13(9)10/h3-5H,1-2H3,(H,9,10). The molecule has 4 nitrogen and oxygen atoms in total. The van der Waals surface area contributed by atoms with Crippen molar-refractivity contribution >= 4 is 11.1 Å². The van der Waals surface area contributed by atoms with Crippen LogP contribution < -0.4 is 9.47 Å². The van der Waals surface area contributed by atoms with E-state index in [0.717, 1.165) is 0 Å². The summed E-state index contributed by atoms with van der Waals surface area (Å²) >= 11 is -2.06. The Labute approximate surface area is 78.8 Å². The number of methoxy groups -OCH3 is 2. The molecule has 1 atom stereocenters. The van der Waals surface area contributed by atoms with E-state index in [1.807, 2.05) is 0 Å². The molecule has 0 fully saturated rings. The zero-order chi connectivity index (χ0) is 9.84. The van der Waals surface area contributed by atoms with Crippen LogP contribution in [0.2, 0.25) is 0 Å². The number of hydrogen-bond donors (Lipinski definition) is 1. The fraction of sp³-hybridized carbons (Fsp3) is 0.250. The topological polar surface area (TPSA) is 55.8 Å². The lowest BCUT2D eigenvalue weighted by molar-refractivity contribution is 0.391. The summed E-state index contributed by atoms with van der Waals surface area (Å²) in [4.78, 5) is 0.210. The molecule has 0 bridgehead atoms. The van der Waals surface area contributed by atoms with Gasteiger partial charge in [-0.1, -0.05) is 0 Å². The number of benzene rings is 1. The van der Waals surface area contributed by atoms with Crippen LogP contribution in [-0.4, -0.2) is 23.0 Å². The van der Waals surface area contributed by atoms with Crippen molar-refractivity contribution in [3.63, 3.8) is 0 Å². The van der Waals surface area contributed by atoms with Crippen LogP contribution in [0.25, 0.3) is 0 Å². The average molecular weight is 202 g/mol. The largest absolute Gasteiger partial charge is 0.497 e. The molecular weight excluding hydrogens is 192 g/mol. The number of hydrogen-bond acceptors (Lipinski definition) is 3. The SMILES string of the molecule is COc1ccc(OC)c(S(=O)O)c1. The van der Waals surface area contributed by atoms with Crippen molar-refractivity contribution in [2.45, 2.75) is 4.90 Å². The second-order valence-corrected chi connectivity index (χ2v) is 3.20. The molecule has 5 heteroatoms. The summed E-state index contributed by atoms with van der Waals surface area (Å²) in [5.41, 5.74) is 0. The average Bonchev–Trinajstić information content (AvgIpc) is 2.16. The van der Waals surface area contributed by atoms with E-state index in [0.29, 0.717) is 11.5 Å². The Balaban J connectivity index is 3.18. The second kappa shape index (κ2) is 4.25. The first-order chi connectivity index (χ1) is 6.19. The van der Waals surface area contributed by atoms with Crippen molar-refractivity contribution in [2.24, 2.45) is 0 Å². The molecule has 0 aliphatic heterocycles. The van der Waals surface area contributed by atoms with E-state index in [1.54, 1.807) is 12.1 Å². The molecule has 0 aliphatic carbocycles. The van der Waals surface area contributed by atoms with E-state index in [9.17, 15) is 4.21 Å². The molecule has 0 heterocycles. The molecule has 13 heavy (non-hydrogen) atoms. The minimum atomic E-state index is -2.06. The lowest BCUT2D eigenvalue weighted by Crippen LogP contribution is -1.95. The molecule has 0 saturated carbocycles. The summed E-state index contributed by atoms with van der Waals surface area (Å²) in [6, 6.07) is 4.71. The molecule has 0 aromatic heterocycles. The van der Waals surface area contributed by atoms with Crippen molar-refractivity contribution < 1.29 is 18.2 Å². The first kappa shape index (κ1) is 10.0. The Bertz CT molecular complexity index is 324. The van der Waals surface area contributed by atoms with Crippen LogP contribution in [0.1, 0.15) is 0 Å². The summed E-state index contributed by atoms with van der Waals surface area (Å²) in [5.74, 6) is 0.903. The third kappa shape index (κ3) is 2.19. The van der Waals surface area contributed by atoms with Crippen molar-refractivity contribution in [1.29, 1.82) is 0 Å². The van der Waals surface area contributed by atoms with E-state index < -0.39 is 11.1 Å². The molecule has 1 rings (SSSR count). The highest BCUT2D eigenvalue weighted by atomic mass is 32.2. The van der Waals surface area contributed by atoms with E-state index in [1.165, 1.54) is 20.3 Å². The van der Waals surface area contributed by atoms with Gasteiger partial charge in [-0.25, -0.2) is 4.21 Å². The zero-order valence-electron chi connectivity index (χ0n) is 7.31. The van der Waals surface area contributed by atoms with Crippen LogP contribution in [0.4, 0.5) is 0 Å². The smallest absolute Gasteiger partial charge is 0.190 e. The molecular formula is C8H10O4S. The van der Waals surface area contributed by atoms with Crippen LogP contribution in [0.15, 0.2) is 23.1 Å². The summed E-state index contributed by atoms with van der Waals surface area (Å²) in [7, 11) is 2.93. The number of ether oxygens (including phenoxy) is 2. The van der Waals surface area contributed by atoms with Crippen LogP contribution in [0.5, 0.6) is 11.5 Å². The van der Waals surface area contributed by atoms with E-state index in [4.69, 9.17) is 14.0 Å². The third-order valence-electron chi connectivity index (χ3n) is 1.56. The van der Waals surface area contributed by atoms with Gasteiger partial charge in [0, 0.05) is 6.07 Å². The Morgan fingerprint density at radius 2 is 2.00 bits per heavy atom. The van der Waals surface area contributed by atoms with Crippen molar-refractivity contribution in [3.05, 3.63) is 18.2 Å². The predicted octanol–water partition coefficient (Wildman–Crippen LogP) is 1.28. The fourth-order valence-corrected chi connectivity index (χ4v) is 1.46. The highest BCUT2D eigenvalue weighted by Gasteiger charge is 2.09. The normalized spacial score (nSPS) is 12.2. The third-order valence-corrected chi connectivity index (χ3v) is 2.25. The minimum absolute atomic E-state index is 0.210. The van der Waals surface area contributed by atoms with Crippen molar-refractivity contribution in [1.82, 2.24) is 0 Å². The van der Waals surface area contributed by atoms with Crippen LogP contribution >= 0.6 is 0 Å². The fourth-order valence-electron chi connectivity index (χ4n) is 0.920. The zero-order valence-corrected chi connectivity index (χ0v) is 8.13.